The normalized spacial score (nSPS) is 10.7. The predicted molar refractivity (Wildman–Crippen MR) is 106 cm³/mol. The first-order valence-corrected chi connectivity index (χ1v) is 8.46. The molecule has 2 atom stereocenters. The molecule has 4 aromatic rings. The zero-order valence-corrected chi connectivity index (χ0v) is 16.3. The molecule has 0 radical (unpaired) electrons. The molecule has 2 unspecified atom stereocenters. The van der Waals surface area contributed by atoms with Crippen molar-refractivity contribution < 1.29 is 20.4 Å². The van der Waals surface area contributed by atoms with Gasteiger partial charge in [-0.05, 0) is 43.3 Å². The van der Waals surface area contributed by atoms with Gasteiger partial charge in [-0.1, -0.05) is 72.8 Å². The fourth-order valence-corrected chi connectivity index (χ4v) is 3.93. The summed E-state index contributed by atoms with van der Waals surface area (Å²) in [6.07, 6.45) is 0. The van der Waals surface area contributed by atoms with E-state index in [2.05, 4.69) is 91.3 Å². The molecule has 4 aromatic carbocycles. The summed E-state index contributed by atoms with van der Waals surface area (Å²) in [7, 11) is 5.79. The quantitative estimate of drug-likeness (QED) is 0.308. The summed E-state index contributed by atoms with van der Waals surface area (Å²) in [5.74, 6) is 0. The maximum Gasteiger partial charge on any atom is 0 e. The Morgan fingerprint density at radius 3 is 1.30 bits per heavy atom. The molecule has 0 N–H and O–H groups in total. The van der Waals surface area contributed by atoms with Crippen LogP contribution in [0, 0.1) is 0 Å². The number of rotatable bonds is 1. The molecule has 4 rings (SSSR count). The van der Waals surface area contributed by atoms with Gasteiger partial charge in [-0.2, -0.15) is 0 Å². The van der Waals surface area contributed by atoms with Crippen LogP contribution in [0.25, 0.3) is 32.7 Å². The number of hydrogen-bond acceptors (Lipinski definition) is 0. The summed E-state index contributed by atoms with van der Waals surface area (Å²) in [6.45, 7) is 0. The smallest absolute Gasteiger partial charge is 0 e. The zero-order chi connectivity index (χ0) is 15.1. The molecule has 3 heteroatoms. The molecule has 0 saturated carbocycles. The number of hydrogen-bond donors (Lipinski definition) is 0. The van der Waals surface area contributed by atoms with Crippen molar-refractivity contribution in [3.8, 4) is 11.1 Å². The number of fused-ring (bicyclic) bond motifs is 2. The van der Waals surface area contributed by atoms with E-state index in [9.17, 15) is 0 Å². The van der Waals surface area contributed by atoms with Crippen LogP contribution in [0.5, 0.6) is 0 Å². The van der Waals surface area contributed by atoms with Gasteiger partial charge in [0.15, 0.2) is 0 Å². The van der Waals surface area contributed by atoms with Crippen LogP contribution in [0.3, 0.4) is 0 Å². The average Bonchev–Trinajstić information content (AvgIpc) is 2.56. The second-order valence-corrected chi connectivity index (χ2v) is 6.75. The summed E-state index contributed by atoms with van der Waals surface area (Å²) < 4.78 is 0. The Morgan fingerprint density at radius 2 is 0.870 bits per heavy atom. The topological polar surface area (TPSA) is 0 Å². The van der Waals surface area contributed by atoms with E-state index in [1.54, 1.807) is 0 Å². The van der Waals surface area contributed by atoms with Gasteiger partial charge in [0.1, 0.15) is 0 Å². The van der Waals surface area contributed by atoms with Crippen LogP contribution in [0.2, 0.25) is 0 Å². The minimum Gasteiger partial charge on any atom is -0.105 e. The Kier molecular flexibility index (Phi) is 4.96. The van der Waals surface area contributed by atoms with Gasteiger partial charge in [-0.15, -0.1) is 18.5 Å². The molecule has 0 nitrogen and oxygen atoms in total. The van der Waals surface area contributed by atoms with Gasteiger partial charge in [0.25, 0.3) is 0 Å². The van der Waals surface area contributed by atoms with E-state index < -0.39 is 0 Å². The van der Waals surface area contributed by atoms with Gasteiger partial charge in [-0.3, -0.25) is 0 Å². The first kappa shape index (κ1) is 16.8. The van der Waals surface area contributed by atoms with Crippen LogP contribution in [-0.2, 0) is 20.4 Å². The van der Waals surface area contributed by atoms with Crippen molar-refractivity contribution >= 4 is 50.6 Å². The van der Waals surface area contributed by atoms with Gasteiger partial charge in [-0.25, -0.2) is 0 Å². The average molecular weight is 425 g/mol. The molecule has 0 aliphatic rings. The van der Waals surface area contributed by atoms with Gasteiger partial charge < -0.3 is 0 Å². The first-order chi connectivity index (χ1) is 10.8. The molecule has 0 amide bonds. The van der Waals surface area contributed by atoms with E-state index in [0.29, 0.717) is 0 Å². The van der Waals surface area contributed by atoms with E-state index in [1.807, 2.05) is 0 Å². The summed E-state index contributed by atoms with van der Waals surface area (Å²) in [5, 5.41) is 7.63. The molecular formula is C20H16P2Pd. The molecule has 23 heavy (non-hydrogen) atoms. The predicted octanol–water partition coefficient (Wildman–Crippen LogP) is 4.66. The molecule has 0 spiro atoms. The Labute approximate surface area is 154 Å². The standard InChI is InChI=1S/C20H16P2.Pd/c21-17-11-9-13-5-1-3-7-15(13)19(17)20-16-8-4-2-6-14(16)10-12-18(20)22;/h1-12H,21-22H2;. The minimum atomic E-state index is 0. The fraction of sp³-hybridized carbons (Fsp3) is 0. The van der Waals surface area contributed by atoms with E-state index in [1.165, 1.54) is 43.3 Å². The molecule has 116 valence electrons. The second kappa shape index (κ2) is 6.81. The Bertz CT molecular complexity index is 925. The van der Waals surface area contributed by atoms with Crippen LogP contribution < -0.4 is 10.6 Å². The molecule has 0 saturated heterocycles. The second-order valence-electron chi connectivity index (χ2n) is 5.50. The fourth-order valence-electron chi connectivity index (χ4n) is 3.13. The monoisotopic (exact) mass is 424 g/mol. The van der Waals surface area contributed by atoms with E-state index in [-0.39, 0.29) is 20.4 Å². The molecule has 0 bridgehead atoms. The van der Waals surface area contributed by atoms with Crippen LogP contribution >= 0.6 is 18.5 Å². The summed E-state index contributed by atoms with van der Waals surface area (Å²) >= 11 is 0. The third-order valence-corrected chi connectivity index (χ3v) is 5.13. The van der Waals surface area contributed by atoms with Crippen molar-refractivity contribution in [3.05, 3.63) is 72.8 Å². The van der Waals surface area contributed by atoms with Crippen LogP contribution in [0.15, 0.2) is 72.8 Å². The van der Waals surface area contributed by atoms with Gasteiger partial charge in [0, 0.05) is 20.4 Å². The molecule has 0 heterocycles. The van der Waals surface area contributed by atoms with E-state index >= 15 is 0 Å². The van der Waals surface area contributed by atoms with Crippen LogP contribution in [0.4, 0.5) is 0 Å². The first-order valence-electron chi connectivity index (χ1n) is 7.30. The van der Waals surface area contributed by atoms with Gasteiger partial charge in [0.05, 0.1) is 0 Å². The van der Waals surface area contributed by atoms with E-state index in [4.69, 9.17) is 0 Å². The zero-order valence-electron chi connectivity index (χ0n) is 12.4. The summed E-state index contributed by atoms with van der Waals surface area (Å²) in [6, 6.07) is 26.0. The number of benzene rings is 4. The maximum absolute atomic E-state index is 2.90. The van der Waals surface area contributed by atoms with E-state index in [0.717, 1.165) is 0 Å². The molecule has 0 aliphatic heterocycles. The summed E-state index contributed by atoms with van der Waals surface area (Å²) in [4.78, 5) is 0. The van der Waals surface area contributed by atoms with Gasteiger partial charge in [0.2, 0.25) is 0 Å². The van der Waals surface area contributed by atoms with Crippen molar-refractivity contribution in [2.24, 2.45) is 0 Å². The Balaban J connectivity index is 0.00000156. The van der Waals surface area contributed by atoms with Crippen molar-refractivity contribution in [1.82, 2.24) is 0 Å². The van der Waals surface area contributed by atoms with Crippen molar-refractivity contribution in [2.45, 2.75) is 0 Å². The molecule has 0 fully saturated rings. The van der Waals surface area contributed by atoms with Crippen LogP contribution in [-0.4, -0.2) is 0 Å². The van der Waals surface area contributed by atoms with Crippen molar-refractivity contribution in [3.63, 3.8) is 0 Å². The van der Waals surface area contributed by atoms with Gasteiger partial charge >= 0.3 is 0 Å². The molecule has 0 aliphatic carbocycles. The minimum absolute atomic E-state index is 0. The third kappa shape index (κ3) is 2.89. The largest absolute Gasteiger partial charge is 0.105 e. The van der Waals surface area contributed by atoms with Crippen LogP contribution in [0.1, 0.15) is 0 Å². The maximum atomic E-state index is 2.90. The summed E-state index contributed by atoms with van der Waals surface area (Å²) in [5.41, 5.74) is 2.62. The van der Waals surface area contributed by atoms with Crippen molar-refractivity contribution in [1.29, 1.82) is 0 Å². The molecule has 0 aromatic heterocycles. The third-order valence-electron chi connectivity index (χ3n) is 4.17. The SMILES string of the molecule is Pc1ccc2ccccc2c1-c1c(P)ccc2ccccc12.[Pd]. The Morgan fingerprint density at radius 1 is 0.478 bits per heavy atom. The Hall–Kier alpha value is -1.08. The molecular weight excluding hydrogens is 409 g/mol. The van der Waals surface area contributed by atoms with Crippen molar-refractivity contribution in [2.75, 3.05) is 0 Å².